The van der Waals surface area contributed by atoms with Crippen molar-refractivity contribution in [2.75, 3.05) is 26.4 Å². The van der Waals surface area contributed by atoms with Gasteiger partial charge in [0.2, 0.25) is 0 Å². The average molecular weight is 489 g/mol. The summed E-state index contributed by atoms with van der Waals surface area (Å²) < 4.78 is 0. The summed E-state index contributed by atoms with van der Waals surface area (Å²) in [5, 5.41) is 41.6. The van der Waals surface area contributed by atoms with Crippen molar-refractivity contribution >= 4 is 11.0 Å². The predicted molar refractivity (Wildman–Crippen MR) is 140 cm³/mol. The van der Waals surface area contributed by atoms with Gasteiger partial charge in [0.05, 0.1) is 0 Å². The molecule has 0 radical (unpaired) electrons. The van der Waals surface area contributed by atoms with Crippen LogP contribution in [0, 0.1) is 45.3 Å². The summed E-state index contributed by atoms with van der Waals surface area (Å²) in [6.45, 7) is 32.8. The Morgan fingerprint density at radius 1 is 0.364 bits per heavy atom. The van der Waals surface area contributed by atoms with Gasteiger partial charge in [0, 0.05) is 0 Å². The van der Waals surface area contributed by atoms with Crippen molar-refractivity contribution in [3.63, 3.8) is 0 Å². The average Bonchev–Trinajstić information content (AvgIpc) is 2.68. The molecule has 0 aliphatic rings. The van der Waals surface area contributed by atoms with Crippen LogP contribution in [0.15, 0.2) is 0 Å². The molecule has 0 heterocycles. The minimum absolute atomic E-state index is 0. The molecular weight excluding hydrogens is 428 g/mol. The first-order valence-electron chi connectivity index (χ1n) is 12.3. The smallest absolute Gasteiger partial charge is 0.854 e. The SMILES string of the molecule is CC(C)C(C)(C)C[O-].CC(C)C(C)(C)C[O-].CC(C)C(C)(C)C[O-].CC(C)C(C)(C)C[O-].[Si+4]. The molecule has 0 unspecified atom stereocenters. The first-order valence-corrected chi connectivity index (χ1v) is 12.3. The zero-order valence-corrected chi connectivity index (χ0v) is 26.3. The van der Waals surface area contributed by atoms with E-state index >= 15 is 0 Å². The first kappa shape index (κ1) is 43.2. The largest absolute Gasteiger partial charge is 4.00 e. The molecule has 0 atom stereocenters. The van der Waals surface area contributed by atoms with E-state index in [4.69, 9.17) is 0 Å². The van der Waals surface area contributed by atoms with Crippen molar-refractivity contribution in [2.45, 2.75) is 111 Å². The summed E-state index contributed by atoms with van der Waals surface area (Å²) in [5.41, 5.74) is -0.0556. The Morgan fingerprint density at radius 2 is 0.455 bits per heavy atom. The van der Waals surface area contributed by atoms with Gasteiger partial charge in [0.15, 0.2) is 0 Å². The van der Waals surface area contributed by atoms with E-state index in [1.807, 2.05) is 55.4 Å². The molecule has 0 spiro atoms. The Labute approximate surface area is 214 Å². The minimum Gasteiger partial charge on any atom is -0.854 e. The van der Waals surface area contributed by atoms with Gasteiger partial charge < -0.3 is 20.4 Å². The van der Waals surface area contributed by atoms with Gasteiger partial charge in [0.1, 0.15) is 0 Å². The van der Waals surface area contributed by atoms with Crippen LogP contribution in [-0.4, -0.2) is 37.4 Å². The summed E-state index contributed by atoms with van der Waals surface area (Å²) in [7, 11) is 0. The van der Waals surface area contributed by atoms with Gasteiger partial charge in [-0.2, -0.15) is 0 Å². The van der Waals surface area contributed by atoms with Gasteiger partial charge in [0.25, 0.3) is 0 Å². The molecule has 5 heteroatoms. The van der Waals surface area contributed by atoms with Gasteiger partial charge >= 0.3 is 11.0 Å². The fraction of sp³-hybridized carbons (Fsp3) is 1.00. The molecule has 200 valence electrons. The maximum Gasteiger partial charge on any atom is 4.00 e. The molecule has 33 heavy (non-hydrogen) atoms. The summed E-state index contributed by atoms with van der Waals surface area (Å²) in [4.78, 5) is 0. The van der Waals surface area contributed by atoms with E-state index in [1.54, 1.807) is 0 Å². The fourth-order valence-electron chi connectivity index (χ4n) is 0.667. The van der Waals surface area contributed by atoms with E-state index in [1.165, 1.54) is 0 Å². The van der Waals surface area contributed by atoms with Crippen LogP contribution in [0.25, 0.3) is 0 Å². The molecule has 0 aromatic carbocycles. The van der Waals surface area contributed by atoms with Crippen LogP contribution < -0.4 is 20.4 Å². The van der Waals surface area contributed by atoms with Crippen molar-refractivity contribution < 1.29 is 20.4 Å². The maximum absolute atomic E-state index is 10.4. The molecule has 0 N–H and O–H groups in total. The summed E-state index contributed by atoms with van der Waals surface area (Å²) >= 11 is 0. The van der Waals surface area contributed by atoms with Gasteiger partial charge in [-0.05, 0) is 45.3 Å². The predicted octanol–water partition coefficient (Wildman–Crippen LogP) is 3.73. The first-order chi connectivity index (χ1) is 14.0. The van der Waals surface area contributed by atoms with Crippen LogP contribution in [-0.2, 0) is 0 Å². The second-order valence-electron chi connectivity index (χ2n) is 13.2. The summed E-state index contributed by atoms with van der Waals surface area (Å²) in [6, 6.07) is 0. The molecule has 0 fully saturated rings. The Bertz CT molecular complexity index is 346. The molecule has 0 aromatic heterocycles. The van der Waals surface area contributed by atoms with Gasteiger partial charge in [-0.3, -0.25) is 0 Å². The molecule has 0 bridgehead atoms. The molecule has 0 amide bonds. The number of hydrogen-bond acceptors (Lipinski definition) is 4. The van der Waals surface area contributed by atoms with Crippen LogP contribution in [0.2, 0.25) is 0 Å². The van der Waals surface area contributed by atoms with Gasteiger partial charge in [-0.1, -0.05) is 111 Å². The maximum atomic E-state index is 10.4. The third-order valence-corrected chi connectivity index (χ3v) is 7.74. The second-order valence-corrected chi connectivity index (χ2v) is 13.2. The number of rotatable bonds is 8. The molecule has 0 saturated heterocycles. The van der Waals surface area contributed by atoms with Crippen LogP contribution in [0.4, 0.5) is 0 Å². The van der Waals surface area contributed by atoms with Crippen molar-refractivity contribution in [1.29, 1.82) is 0 Å². The van der Waals surface area contributed by atoms with Gasteiger partial charge in [-0.25, -0.2) is 0 Å². The van der Waals surface area contributed by atoms with Gasteiger partial charge in [-0.15, -0.1) is 26.4 Å². The van der Waals surface area contributed by atoms with E-state index in [0.29, 0.717) is 23.7 Å². The normalized spacial score (nSPS) is 12.4. The molecule has 0 aromatic rings. The quantitative estimate of drug-likeness (QED) is 0.487. The molecular formula is C28H60O4Si. The van der Waals surface area contributed by atoms with E-state index < -0.39 is 0 Å². The van der Waals surface area contributed by atoms with Crippen LogP contribution in [0.5, 0.6) is 0 Å². The second kappa shape index (κ2) is 19.3. The molecule has 0 saturated carbocycles. The fourth-order valence-corrected chi connectivity index (χ4v) is 0.667. The van der Waals surface area contributed by atoms with E-state index in [-0.39, 0.29) is 59.1 Å². The third-order valence-electron chi connectivity index (χ3n) is 7.74. The zero-order chi connectivity index (χ0) is 27.1. The van der Waals surface area contributed by atoms with E-state index in [9.17, 15) is 20.4 Å². The van der Waals surface area contributed by atoms with Crippen LogP contribution in [0.3, 0.4) is 0 Å². The van der Waals surface area contributed by atoms with Crippen molar-refractivity contribution in [2.24, 2.45) is 45.3 Å². The monoisotopic (exact) mass is 488 g/mol. The van der Waals surface area contributed by atoms with Crippen LogP contribution in [0.1, 0.15) is 111 Å². The van der Waals surface area contributed by atoms with E-state index in [2.05, 4.69) is 55.4 Å². The van der Waals surface area contributed by atoms with Crippen molar-refractivity contribution in [3.8, 4) is 0 Å². The molecule has 4 nitrogen and oxygen atoms in total. The molecule has 0 aliphatic heterocycles. The summed E-state index contributed by atoms with van der Waals surface area (Å²) in [5.74, 6) is 2.00. The van der Waals surface area contributed by atoms with Crippen molar-refractivity contribution in [3.05, 3.63) is 0 Å². The van der Waals surface area contributed by atoms with Crippen LogP contribution >= 0.6 is 0 Å². The zero-order valence-electron chi connectivity index (χ0n) is 25.3. The Morgan fingerprint density at radius 3 is 0.455 bits per heavy atom. The van der Waals surface area contributed by atoms with E-state index in [0.717, 1.165) is 0 Å². The topological polar surface area (TPSA) is 92.2 Å². The standard InChI is InChI=1S/4C7H15O.Si/c4*1-6(2)7(3,4)5-8;/h4*6H,5H2,1-4H3;/q4*-1;+4. The Kier molecular flexibility index (Phi) is 25.2. The van der Waals surface area contributed by atoms with Crippen molar-refractivity contribution in [1.82, 2.24) is 0 Å². The Hall–Kier alpha value is 0.0569. The minimum atomic E-state index is -0.0139. The Balaban J connectivity index is -0.000000105. The molecule has 0 rings (SSSR count). The number of hydrogen-bond donors (Lipinski definition) is 0. The molecule has 0 aliphatic carbocycles. The third kappa shape index (κ3) is 22.3. The summed E-state index contributed by atoms with van der Waals surface area (Å²) in [6.07, 6.45) is 0.